The van der Waals surface area contributed by atoms with Gasteiger partial charge in [0.05, 0.1) is 11.9 Å². The Morgan fingerprint density at radius 1 is 1.05 bits per heavy atom. The summed E-state index contributed by atoms with van der Waals surface area (Å²) in [6.45, 7) is 3.95. The van der Waals surface area contributed by atoms with Gasteiger partial charge in [-0.05, 0) is 36.2 Å². The van der Waals surface area contributed by atoms with E-state index in [1.54, 1.807) is 12.3 Å². The van der Waals surface area contributed by atoms with Crippen LogP contribution >= 0.6 is 0 Å². The van der Waals surface area contributed by atoms with Gasteiger partial charge in [0.1, 0.15) is 5.82 Å². The van der Waals surface area contributed by atoms with E-state index in [1.165, 1.54) is 5.56 Å². The van der Waals surface area contributed by atoms with E-state index in [4.69, 9.17) is 0 Å². The molecule has 2 N–H and O–H groups in total. The molecule has 4 nitrogen and oxygen atoms in total. The summed E-state index contributed by atoms with van der Waals surface area (Å²) in [4.78, 5) is 15.5. The third kappa shape index (κ3) is 3.82. The number of carbonyl (C=O) groups excluding carboxylic acids is 1. The number of benzene rings is 1. The van der Waals surface area contributed by atoms with E-state index in [9.17, 15) is 4.79 Å². The highest BCUT2D eigenvalue weighted by atomic mass is 16.1. The van der Waals surface area contributed by atoms with E-state index in [0.29, 0.717) is 12.2 Å². The molecule has 2 rings (SSSR count). The van der Waals surface area contributed by atoms with Gasteiger partial charge in [-0.1, -0.05) is 26.0 Å². The lowest BCUT2D eigenvalue weighted by Gasteiger charge is -2.08. The van der Waals surface area contributed by atoms with Crippen LogP contribution in [0.3, 0.4) is 0 Å². The van der Waals surface area contributed by atoms with Gasteiger partial charge in [0.15, 0.2) is 0 Å². The molecule has 1 aromatic carbocycles. The molecule has 0 aliphatic carbocycles. The average Bonchev–Trinajstić information content (AvgIpc) is 2.50. The van der Waals surface area contributed by atoms with Crippen LogP contribution in [0, 0.1) is 0 Å². The highest BCUT2D eigenvalue weighted by molar-refractivity contribution is 5.89. The third-order valence-corrected chi connectivity index (χ3v) is 3.00. The number of carbonyl (C=O) groups is 1. The van der Waals surface area contributed by atoms with E-state index in [0.717, 1.165) is 17.8 Å². The number of amides is 1. The van der Waals surface area contributed by atoms with Crippen LogP contribution in [0.2, 0.25) is 0 Å². The van der Waals surface area contributed by atoms with Crippen molar-refractivity contribution in [2.24, 2.45) is 0 Å². The molecule has 0 saturated heterocycles. The molecule has 2 aromatic rings. The minimum absolute atomic E-state index is 0.0339. The Labute approximate surface area is 119 Å². The van der Waals surface area contributed by atoms with Crippen LogP contribution in [0.5, 0.6) is 0 Å². The molecule has 0 atom stereocenters. The summed E-state index contributed by atoms with van der Waals surface area (Å²) < 4.78 is 0. The summed E-state index contributed by atoms with van der Waals surface area (Å²) in [6, 6.07) is 12.0. The van der Waals surface area contributed by atoms with E-state index >= 15 is 0 Å². The first kappa shape index (κ1) is 14.1. The van der Waals surface area contributed by atoms with Crippen LogP contribution in [0.1, 0.15) is 25.8 Å². The second kappa shape index (κ2) is 6.70. The highest BCUT2D eigenvalue weighted by Crippen LogP contribution is 2.17. The number of rotatable bonds is 5. The van der Waals surface area contributed by atoms with E-state index in [1.807, 2.05) is 25.1 Å². The Hall–Kier alpha value is -2.36. The third-order valence-electron chi connectivity index (χ3n) is 3.00. The van der Waals surface area contributed by atoms with E-state index in [2.05, 4.69) is 34.7 Å². The number of aromatic nitrogens is 1. The van der Waals surface area contributed by atoms with Gasteiger partial charge in [-0.3, -0.25) is 4.79 Å². The van der Waals surface area contributed by atoms with Crippen LogP contribution in [0.15, 0.2) is 42.6 Å². The number of nitrogens with zero attached hydrogens (tertiary/aromatic N) is 1. The van der Waals surface area contributed by atoms with Crippen LogP contribution in [0.4, 0.5) is 17.2 Å². The van der Waals surface area contributed by atoms with Crippen molar-refractivity contribution in [3.8, 4) is 0 Å². The van der Waals surface area contributed by atoms with Crippen LogP contribution in [-0.2, 0) is 11.2 Å². The first-order chi connectivity index (χ1) is 9.71. The molecular formula is C16H19N3O. The van der Waals surface area contributed by atoms with Gasteiger partial charge in [0.2, 0.25) is 5.91 Å². The van der Waals surface area contributed by atoms with Crippen LogP contribution < -0.4 is 10.6 Å². The smallest absolute Gasteiger partial charge is 0.225 e. The van der Waals surface area contributed by atoms with Crippen molar-refractivity contribution in [3.05, 3.63) is 48.2 Å². The lowest BCUT2D eigenvalue weighted by molar-refractivity contribution is -0.115. The molecule has 20 heavy (non-hydrogen) atoms. The second-order valence-electron chi connectivity index (χ2n) is 4.51. The molecule has 0 radical (unpaired) electrons. The number of nitrogens with one attached hydrogen (secondary N) is 2. The number of aryl methyl sites for hydroxylation is 1. The fourth-order valence-corrected chi connectivity index (χ4v) is 1.76. The zero-order valence-electron chi connectivity index (χ0n) is 11.8. The number of pyridine rings is 1. The topological polar surface area (TPSA) is 54.0 Å². The Balaban J connectivity index is 2.00. The molecule has 104 valence electrons. The Bertz CT molecular complexity index is 561. The van der Waals surface area contributed by atoms with Gasteiger partial charge in [-0.25, -0.2) is 4.98 Å². The number of anilines is 3. The molecule has 0 bridgehead atoms. The Morgan fingerprint density at radius 3 is 2.30 bits per heavy atom. The van der Waals surface area contributed by atoms with Crippen LogP contribution in [-0.4, -0.2) is 10.9 Å². The van der Waals surface area contributed by atoms with Crippen molar-refractivity contribution < 1.29 is 4.79 Å². The van der Waals surface area contributed by atoms with Gasteiger partial charge >= 0.3 is 0 Å². The zero-order chi connectivity index (χ0) is 14.4. The SMILES string of the molecule is CCC(=O)Nc1ccc(Nc2ccc(CC)cc2)cn1. The fraction of sp³-hybridized carbons (Fsp3) is 0.250. The van der Waals surface area contributed by atoms with Crippen molar-refractivity contribution in [1.82, 2.24) is 4.98 Å². The summed E-state index contributed by atoms with van der Waals surface area (Å²) in [6.07, 6.45) is 3.19. The maximum Gasteiger partial charge on any atom is 0.225 e. The van der Waals surface area contributed by atoms with E-state index in [-0.39, 0.29) is 5.91 Å². The molecule has 0 spiro atoms. The molecule has 0 unspecified atom stereocenters. The molecule has 1 amide bonds. The zero-order valence-corrected chi connectivity index (χ0v) is 11.8. The monoisotopic (exact) mass is 269 g/mol. The van der Waals surface area contributed by atoms with Gasteiger partial charge in [-0.15, -0.1) is 0 Å². The van der Waals surface area contributed by atoms with Crippen molar-refractivity contribution in [2.75, 3.05) is 10.6 Å². The first-order valence-corrected chi connectivity index (χ1v) is 6.83. The Morgan fingerprint density at radius 2 is 1.75 bits per heavy atom. The van der Waals surface area contributed by atoms with Crippen molar-refractivity contribution >= 4 is 23.1 Å². The second-order valence-corrected chi connectivity index (χ2v) is 4.51. The van der Waals surface area contributed by atoms with Crippen molar-refractivity contribution in [3.63, 3.8) is 0 Å². The maximum absolute atomic E-state index is 11.3. The van der Waals surface area contributed by atoms with Gasteiger partial charge in [0, 0.05) is 12.1 Å². The summed E-state index contributed by atoms with van der Waals surface area (Å²) in [5, 5.41) is 5.99. The van der Waals surface area contributed by atoms with Gasteiger partial charge in [-0.2, -0.15) is 0 Å². The molecule has 0 aliphatic heterocycles. The Kier molecular flexibility index (Phi) is 4.71. The van der Waals surface area contributed by atoms with Crippen molar-refractivity contribution in [1.29, 1.82) is 0 Å². The average molecular weight is 269 g/mol. The summed E-state index contributed by atoms with van der Waals surface area (Å²) >= 11 is 0. The van der Waals surface area contributed by atoms with Gasteiger partial charge in [0.25, 0.3) is 0 Å². The lowest BCUT2D eigenvalue weighted by atomic mass is 10.1. The van der Waals surface area contributed by atoms with Gasteiger partial charge < -0.3 is 10.6 Å². The predicted molar refractivity (Wildman–Crippen MR) is 82.3 cm³/mol. The summed E-state index contributed by atoms with van der Waals surface area (Å²) in [5.41, 5.74) is 3.23. The molecule has 1 heterocycles. The quantitative estimate of drug-likeness (QED) is 0.869. The van der Waals surface area contributed by atoms with Crippen molar-refractivity contribution in [2.45, 2.75) is 26.7 Å². The number of hydrogen-bond acceptors (Lipinski definition) is 3. The molecular weight excluding hydrogens is 250 g/mol. The maximum atomic E-state index is 11.3. The number of hydrogen-bond donors (Lipinski definition) is 2. The summed E-state index contributed by atoms with van der Waals surface area (Å²) in [5.74, 6) is 0.539. The summed E-state index contributed by atoms with van der Waals surface area (Å²) in [7, 11) is 0. The minimum Gasteiger partial charge on any atom is -0.354 e. The van der Waals surface area contributed by atoms with E-state index < -0.39 is 0 Å². The molecule has 0 saturated carbocycles. The molecule has 1 aromatic heterocycles. The minimum atomic E-state index is -0.0339. The molecule has 0 fully saturated rings. The molecule has 0 aliphatic rings. The fourth-order valence-electron chi connectivity index (χ4n) is 1.76. The largest absolute Gasteiger partial charge is 0.354 e. The predicted octanol–water partition coefficient (Wildman–Crippen LogP) is 3.74. The molecule has 4 heteroatoms. The standard InChI is InChI=1S/C16H19N3O/c1-3-12-5-7-13(8-6-12)18-14-9-10-15(17-11-14)19-16(20)4-2/h5-11,18H,3-4H2,1-2H3,(H,17,19,20). The van der Waals surface area contributed by atoms with Crippen LogP contribution in [0.25, 0.3) is 0 Å². The lowest BCUT2D eigenvalue weighted by Crippen LogP contribution is -2.10. The first-order valence-electron chi connectivity index (χ1n) is 6.83. The normalized spacial score (nSPS) is 10.1. The highest BCUT2D eigenvalue weighted by Gasteiger charge is 2.00.